The molecule has 34 heavy (non-hydrogen) atoms. The monoisotopic (exact) mass is 466 g/mol. The highest BCUT2D eigenvalue weighted by atomic mass is 19.1. The minimum absolute atomic E-state index is 0.100. The van der Waals surface area contributed by atoms with Crippen LogP contribution in [-0.2, 0) is 20.8 Å². The largest absolute Gasteiger partial charge is 0.343 e. The van der Waals surface area contributed by atoms with Gasteiger partial charge in [0.15, 0.2) is 0 Å². The molecule has 0 radical (unpaired) electrons. The van der Waals surface area contributed by atoms with Crippen molar-refractivity contribution in [3.8, 4) is 6.07 Å². The number of hydrogen-bond donors (Lipinski definition) is 3. The predicted molar refractivity (Wildman–Crippen MR) is 124 cm³/mol. The van der Waals surface area contributed by atoms with E-state index >= 15 is 0 Å². The lowest BCUT2D eigenvalue weighted by Gasteiger charge is -2.31. The maximum atomic E-state index is 14.4. The van der Waals surface area contributed by atoms with Crippen LogP contribution in [0.15, 0.2) is 36.5 Å². The molecule has 2 aromatic rings. The number of fused-ring (bicyclic) bond motifs is 1. The molecule has 9 nitrogen and oxygen atoms in total. The summed E-state index contributed by atoms with van der Waals surface area (Å²) in [5, 5.41) is 17.0. The molecule has 1 aliphatic rings. The molecule has 3 rings (SSSR count). The number of halogens is 1. The molecular weight excluding hydrogens is 439 g/mol. The van der Waals surface area contributed by atoms with Crippen LogP contribution in [0, 0.1) is 23.1 Å². The van der Waals surface area contributed by atoms with Crippen LogP contribution in [-0.4, -0.2) is 47.9 Å². The number of anilines is 2. The van der Waals surface area contributed by atoms with Gasteiger partial charge in [0.05, 0.1) is 23.4 Å². The van der Waals surface area contributed by atoms with Gasteiger partial charge in [-0.25, -0.2) is 9.37 Å². The number of aromatic nitrogens is 1. The SMILES string of the molecule is CNC(C)C(=O)NC(C(=O)N1c2ncccc2CC1C(=O)Nc1ccc(C#N)cc1F)C(C)C. The van der Waals surface area contributed by atoms with Crippen LogP contribution in [0.3, 0.4) is 0 Å². The second-order valence-electron chi connectivity index (χ2n) is 8.45. The fourth-order valence-corrected chi connectivity index (χ4v) is 3.70. The number of carbonyl (C=O) groups is 3. The van der Waals surface area contributed by atoms with Gasteiger partial charge in [-0.3, -0.25) is 19.3 Å². The number of hydrogen-bond acceptors (Lipinski definition) is 6. The minimum Gasteiger partial charge on any atom is -0.343 e. The molecule has 0 saturated heterocycles. The lowest BCUT2D eigenvalue weighted by molar-refractivity contribution is -0.130. The maximum Gasteiger partial charge on any atom is 0.251 e. The molecule has 178 valence electrons. The van der Waals surface area contributed by atoms with E-state index in [-0.39, 0.29) is 29.5 Å². The number of nitrogens with zero attached hydrogens (tertiary/aromatic N) is 3. The van der Waals surface area contributed by atoms with Gasteiger partial charge in [-0.1, -0.05) is 19.9 Å². The fraction of sp³-hybridized carbons (Fsp3) is 0.375. The smallest absolute Gasteiger partial charge is 0.251 e. The van der Waals surface area contributed by atoms with Gasteiger partial charge in [-0.15, -0.1) is 0 Å². The van der Waals surface area contributed by atoms with Crippen molar-refractivity contribution >= 4 is 29.2 Å². The zero-order valence-corrected chi connectivity index (χ0v) is 19.4. The molecule has 3 unspecified atom stereocenters. The molecule has 2 heterocycles. The Morgan fingerprint density at radius 2 is 1.97 bits per heavy atom. The first-order chi connectivity index (χ1) is 16.2. The van der Waals surface area contributed by atoms with Crippen LogP contribution in [0.5, 0.6) is 0 Å². The Morgan fingerprint density at radius 1 is 1.24 bits per heavy atom. The molecule has 0 spiro atoms. The molecule has 3 amide bonds. The molecule has 1 aromatic heterocycles. The molecule has 0 aliphatic carbocycles. The zero-order chi connectivity index (χ0) is 25.0. The average molecular weight is 467 g/mol. The van der Waals surface area contributed by atoms with Crippen LogP contribution in [0.2, 0.25) is 0 Å². The maximum absolute atomic E-state index is 14.4. The quantitative estimate of drug-likeness (QED) is 0.570. The van der Waals surface area contributed by atoms with Crippen LogP contribution in [0.4, 0.5) is 15.9 Å². The van der Waals surface area contributed by atoms with E-state index in [0.29, 0.717) is 11.4 Å². The first kappa shape index (κ1) is 24.8. The number of amides is 3. The highest BCUT2D eigenvalue weighted by Gasteiger charge is 2.43. The normalized spacial score (nSPS) is 16.4. The number of nitriles is 1. The molecule has 0 saturated carbocycles. The lowest BCUT2D eigenvalue weighted by Crippen LogP contribution is -2.57. The van der Waals surface area contributed by atoms with Gasteiger partial charge in [0.25, 0.3) is 5.91 Å². The van der Waals surface area contributed by atoms with Crippen molar-refractivity contribution in [3.63, 3.8) is 0 Å². The number of carbonyl (C=O) groups excluding carboxylic acids is 3. The van der Waals surface area contributed by atoms with Crippen LogP contribution in [0.25, 0.3) is 0 Å². The van der Waals surface area contributed by atoms with Crippen molar-refractivity contribution in [2.24, 2.45) is 5.92 Å². The lowest BCUT2D eigenvalue weighted by atomic mass is 10.0. The first-order valence-electron chi connectivity index (χ1n) is 10.9. The van der Waals surface area contributed by atoms with E-state index in [4.69, 9.17) is 5.26 Å². The van der Waals surface area contributed by atoms with Gasteiger partial charge in [0.2, 0.25) is 11.8 Å². The van der Waals surface area contributed by atoms with E-state index in [1.54, 1.807) is 40.0 Å². The summed E-state index contributed by atoms with van der Waals surface area (Å²) >= 11 is 0. The zero-order valence-electron chi connectivity index (χ0n) is 19.4. The summed E-state index contributed by atoms with van der Waals surface area (Å²) in [6.07, 6.45) is 1.70. The van der Waals surface area contributed by atoms with Gasteiger partial charge in [-0.2, -0.15) is 5.26 Å². The Bertz CT molecular complexity index is 1150. The summed E-state index contributed by atoms with van der Waals surface area (Å²) in [6, 6.07) is 6.61. The van der Waals surface area contributed by atoms with Gasteiger partial charge in [-0.05, 0) is 49.7 Å². The molecule has 1 aliphatic heterocycles. The Morgan fingerprint density at radius 3 is 2.59 bits per heavy atom. The summed E-state index contributed by atoms with van der Waals surface area (Å²) in [4.78, 5) is 45.0. The standard InChI is InChI=1S/C24H27FN6O3/c1-13(2)20(30-22(32)14(3)27-4)24(34)31-19(11-16-6-5-9-28-21(16)31)23(33)29-18-8-7-15(12-26)10-17(18)25/h5-10,13-14,19-20,27H,11H2,1-4H3,(H,29,33)(H,30,32). The first-order valence-corrected chi connectivity index (χ1v) is 10.9. The molecule has 0 bridgehead atoms. The Hall–Kier alpha value is -3.84. The van der Waals surface area contributed by atoms with Crippen molar-refractivity contribution in [2.75, 3.05) is 17.3 Å². The second kappa shape index (κ2) is 10.4. The van der Waals surface area contributed by atoms with Crippen LogP contribution in [0.1, 0.15) is 31.9 Å². The third-order valence-corrected chi connectivity index (χ3v) is 5.77. The number of likely N-dealkylation sites (N-methyl/N-ethyl adjacent to an activating group) is 1. The number of nitrogens with one attached hydrogen (secondary N) is 3. The molecule has 1 aromatic carbocycles. The topological polar surface area (TPSA) is 127 Å². The summed E-state index contributed by atoms with van der Waals surface area (Å²) in [5.41, 5.74) is 0.710. The van der Waals surface area contributed by atoms with Crippen molar-refractivity contribution in [3.05, 3.63) is 53.5 Å². The van der Waals surface area contributed by atoms with Gasteiger partial charge in [0, 0.05) is 12.6 Å². The Balaban J connectivity index is 1.92. The summed E-state index contributed by atoms with van der Waals surface area (Å²) in [7, 11) is 1.64. The molecule has 0 fully saturated rings. The number of rotatable bonds is 7. The summed E-state index contributed by atoms with van der Waals surface area (Å²) in [6.45, 7) is 5.26. The summed E-state index contributed by atoms with van der Waals surface area (Å²) in [5.74, 6) is -2.14. The van der Waals surface area contributed by atoms with Crippen molar-refractivity contribution in [1.82, 2.24) is 15.6 Å². The summed E-state index contributed by atoms with van der Waals surface area (Å²) < 4.78 is 14.4. The van der Waals surface area contributed by atoms with Gasteiger partial charge >= 0.3 is 0 Å². The fourth-order valence-electron chi connectivity index (χ4n) is 3.70. The Labute approximate surface area is 197 Å². The van der Waals surface area contributed by atoms with E-state index in [9.17, 15) is 18.8 Å². The van der Waals surface area contributed by atoms with Crippen LogP contribution >= 0.6 is 0 Å². The van der Waals surface area contributed by atoms with Crippen LogP contribution < -0.4 is 20.9 Å². The molecular formula is C24H27FN6O3. The average Bonchev–Trinajstić information content (AvgIpc) is 3.22. The second-order valence-corrected chi connectivity index (χ2v) is 8.45. The third-order valence-electron chi connectivity index (χ3n) is 5.77. The molecule has 10 heteroatoms. The van der Waals surface area contributed by atoms with E-state index in [2.05, 4.69) is 20.9 Å². The third kappa shape index (κ3) is 5.05. The van der Waals surface area contributed by atoms with Crippen molar-refractivity contribution < 1.29 is 18.8 Å². The minimum atomic E-state index is -0.993. The van der Waals surface area contributed by atoms with Gasteiger partial charge in [0.1, 0.15) is 23.7 Å². The van der Waals surface area contributed by atoms with E-state index in [1.165, 1.54) is 23.2 Å². The molecule has 3 N–H and O–H groups in total. The highest BCUT2D eigenvalue weighted by molar-refractivity contribution is 6.09. The van der Waals surface area contributed by atoms with E-state index in [0.717, 1.165) is 6.07 Å². The van der Waals surface area contributed by atoms with Crippen molar-refractivity contribution in [2.45, 2.75) is 45.3 Å². The van der Waals surface area contributed by atoms with Crippen molar-refractivity contribution in [1.29, 1.82) is 5.26 Å². The predicted octanol–water partition coefficient (Wildman–Crippen LogP) is 1.74. The van der Waals surface area contributed by atoms with E-state index in [1.807, 2.05) is 6.07 Å². The molecule has 3 atom stereocenters. The van der Waals surface area contributed by atoms with Gasteiger partial charge < -0.3 is 16.0 Å². The van der Waals surface area contributed by atoms with E-state index < -0.39 is 35.8 Å². The number of benzene rings is 1. The number of pyridine rings is 1. The Kier molecular flexibility index (Phi) is 7.58. The highest BCUT2D eigenvalue weighted by Crippen LogP contribution is 2.32.